The van der Waals surface area contributed by atoms with Gasteiger partial charge in [-0.3, -0.25) is 4.79 Å². The molecule has 1 aliphatic rings. The maximum atomic E-state index is 11.8. The molecule has 1 unspecified atom stereocenters. The van der Waals surface area contributed by atoms with Gasteiger partial charge in [0.1, 0.15) is 6.61 Å². The number of unbranched alkanes of at least 4 members (excludes halogenated alkanes) is 1. The average Bonchev–Trinajstić information content (AvgIpc) is 3.20. The standard InChI is InChI=1S/C17H32N6O3S4/c1-23(2)16(19)21-15(18)22-17(25)26-9-12-28-27-11-8-20-14(24)6-4-3-5-13-7-10-29-30-13/h13H,3-12H2,1-2H3,(H,20,24)(H4,18,19,21,22,25). The topological polar surface area (TPSA) is 135 Å². The number of aliphatic imine (C=N–C) groups is 2. The van der Waals surface area contributed by atoms with Crippen molar-refractivity contribution in [2.45, 2.75) is 37.4 Å². The van der Waals surface area contributed by atoms with E-state index in [-0.39, 0.29) is 24.4 Å². The second-order valence-corrected chi connectivity index (χ2v) is 12.0. The molecule has 2 amide bonds. The van der Waals surface area contributed by atoms with Crippen LogP contribution in [0.1, 0.15) is 32.1 Å². The van der Waals surface area contributed by atoms with Crippen LogP contribution in [-0.2, 0) is 9.53 Å². The maximum Gasteiger partial charge on any atom is 0.436 e. The fraction of sp³-hybridized carbons (Fsp3) is 0.765. The van der Waals surface area contributed by atoms with Crippen molar-refractivity contribution in [2.24, 2.45) is 21.5 Å². The highest BCUT2D eigenvalue weighted by molar-refractivity contribution is 8.77. The molecule has 0 aromatic heterocycles. The number of ether oxygens (including phenoxy) is 1. The molecule has 1 aliphatic heterocycles. The molecule has 30 heavy (non-hydrogen) atoms. The molecule has 0 saturated carbocycles. The molecule has 0 spiro atoms. The molecule has 172 valence electrons. The summed E-state index contributed by atoms with van der Waals surface area (Å²) in [6.45, 7) is 0.849. The van der Waals surface area contributed by atoms with Crippen molar-refractivity contribution in [1.29, 1.82) is 0 Å². The Labute approximate surface area is 194 Å². The van der Waals surface area contributed by atoms with E-state index in [0.29, 0.717) is 18.7 Å². The van der Waals surface area contributed by atoms with E-state index >= 15 is 0 Å². The number of rotatable bonds is 12. The van der Waals surface area contributed by atoms with Crippen LogP contribution in [-0.4, -0.2) is 78.6 Å². The zero-order valence-electron chi connectivity index (χ0n) is 17.5. The molecule has 1 heterocycles. The van der Waals surface area contributed by atoms with Gasteiger partial charge in [0.15, 0.2) is 5.96 Å². The molecule has 1 atom stereocenters. The first-order chi connectivity index (χ1) is 14.4. The first-order valence-electron chi connectivity index (χ1n) is 9.70. The predicted molar refractivity (Wildman–Crippen MR) is 133 cm³/mol. The zero-order chi connectivity index (χ0) is 22.2. The minimum atomic E-state index is -0.800. The Morgan fingerprint density at radius 3 is 2.67 bits per heavy atom. The summed E-state index contributed by atoms with van der Waals surface area (Å²) in [4.78, 5) is 32.1. The Kier molecular flexibility index (Phi) is 15.1. The molecule has 0 bridgehead atoms. The first kappa shape index (κ1) is 27.1. The van der Waals surface area contributed by atoms with Crippen LogP contribution in [0, 0.1) is 0 Å². The fourth-order valence-electron chi connectivity index (χ4n) is 2.19. The Morgan fingerprint density at radius 2 is 1.97 bits per heavy atom. The summed E-state index contributed by atoms with van der Waals surface area (Å²) in [5.74, 6) is 2.68. The van der Waals surface area contributed by atoms with Gasteiger partial charge in [-0.15, -0.1) is 4.99 Å². The van der Waals surface area contributed by atoms with Crippen molar-refractivity contribution >= 4 is 67.1 Å². The minimum Gasteiger partial charge on any atom is -0.447 e. The number of amides is 2. The number of nitrogens with zero attached hydrogens (tertiary/aromatic N) is 3. The molecule has 1 fully saturated rings. The fourth-order valence-corrected chi connectivity index (χ4v) is 6.95. The lowest BCUT2D eigenvalue weighted by Crippen LogP contribution is -2.32. The maximum absolute atomic E-state index is 11.8. The molecule has 0 radical (unpaired) electrons. The number of carbonyl (C=O) groups is 2. The number of guanidine groups is 2. The van der Waals surface area contributed by atoms with E-state index in [2.05, 4.69) is 15.3 Å². The first-order valence-corrected chi connectivity index (χ1v) is 14.6. The minimum absolute atomic E-state index is 0.121. The quantitative estimate of drug-likeness (QED) is 0.160. The number of nitrogens with two attached hydrogens (primary N) is 2. The summed E-state index contributed by atoms with van der Waals surface area (Å²) in [5, 5.41) is 3.72. The smallest absolute Gasteiger partial charge is 0.436 e. The summed E-state index contributed by atoms with van der Waals surface area (Å²) in [6.07, 6.45) is 4.41. The van der Waals surface area contributed by atoms with Crippen molar-refractivity contribution in [3.63, 3.8) is 0 Å². The van der Waals surface area contributed by atoms with Gasteiger partial charge in [-0.1, -0.05) is 49.6 Å². The lowest BCUT2D eigenvalue weighted by molar-refractivity contribution is -0.121. The average molecular weight is 497 g/mol. The Morgan fingerprint density at radius 1 is 1.20 bits per heavy atom. The van der Waals surface area contributed by atoms with E-state index in [1.165, 1.54) is 18.6 Å². The van der Waals surface area contributed by atoms with Crippen molar-refractivity contribution in [2.75, 3.05) is 44.5 Å². The van der Waals surface area contributed by atoms with Crippen LogP contribution < -0.4 is 16.8 Å². The van der Waals surface area contributed by atoms with Crippen LogP contribution in [0.15, 0.2) is 9.98 Å². The summed E-state index contributed by atoms with van der Waals surface area (Å²) in [6, 6.07) is 0. The largest absolute Gasteiger partial charge is 0.447 e. The van der Waals surface area contributed by atoms with Gasteiger partial charge in [0.25, 0.3) is 0 Å². The van der Waals surface area contributed by atoms with Crippen LogP contribution in [0.5, 0.6) is 0 Å². The normalized spacial score (nSPS) is 17.1. The Bertz CT molecular complexity index is 586. The van der Waals surface area contributed by atoms with Crippen LogP contribution in [0.3, 0.4) is 0 Å². The van der Waals surface area contributed by atoms with Crippen molar-refractivity contribution < 1.29 is 14.3 Å². The van der Waals surface area contributed by atoms with Crippen LogP contribution >= 0.6 is 43.2 Å². The van der Waals surface area contributed by atoms with Crippen molar-refractivity contribution in [3.8, 4) is 0 Å². The SMILES string of the molecule is CN(C)C(N)=NC(N)=NC(=O)OCCSSCCNC(=O)CCCCC1CCSS1. The molecule has 1 saturated heterocycles. The third-order valence-electron chi connectivity index (χ3n) is 3.78. The predicted octanol–water partition coefficient (Wildman–Crippen LogP) is 2.53. The van der Waals surface area contributed by atoms with Gasteiger partial charge in [-0.2, -0.15) is 4.99 Å². The van der Waals surface area contributed by atoms with Gasteiger partial charge < -0.3 is 26.4 Å². The monoisotopic (exact) mass is 496 g/mol. The third kappa shape index (κ3) is 14.1. The number of hydrogen-bond acceptors (Lipinski definition) is 7. The number of carbonyl (C=O) groups excluding carboxylic acids is 2. The molecule has 5 N–H and O–H groups in total. The summed E-state index contributed by atoms with van der Waals surface area (Å²) < 4.78 is 4.95. The van der Waals surface area contributed by atoms with E-state index in [1.807, 2.05) is 21.6 Å². The van der Waals surface area contributed by atoms with Gasteiger partial charge in [0.2, 0.25) is 11.9 Å². The second-order valence-electron chi connectivity index (χ2n) is 6.52. The van der Waals surface area contributed by atoms with Gasteiger partial charge in [-0.05, 0) is 19.3 Å². The highest BCUT2D eigenvalue weighted by Crippen LogP contribution is 2.39. The molecule has 1 rings (SSSR count). The van der Waals surface area contributed by atoms with Crippen LogP contribution in [0.4, 0.5) is 4.79 Å². The van der Waals surface area contributed by atoms with Gasteiger partial charge in [-0.25, -0.2) is 4.79 Å². The van der Waals surface area contributed by atoms with Gasteiger partial charge in [0.05, 0.1) is 0 Å². The molecule has 0 aliphatic carbocycles. The molecular formula is C17H32N6O3S4. The van der Waals surface area contributed by atoms with Crippen LogP contribution in [0.25, 0.3) is 0 Å². The molecule has 0 aromatic carbocycles. The summed E-state index contributed by atoms with van der Waals surface area (Å²) >= 11 is 0. The summed E-state index contributed by atoms with van der Waals surface area (Å²) in [7, 11) is 10.5. The van der Waals surface area contributed by atoms with Gasteiger partial charge in [0, 0.05) is 49.6 Å². The van der Waals surface area contributed by atoms with E-state index in [0.717, 1.165) is 23.8 Å². The third-order valence-corrected chi connectivity index (χ3v) is 9.16. The van der Waals surface area contributed by atoms with Gasteiger partial charge >= 0.3 is 6.09 Å². The second kappa shape index (κ2) is 16.7. The lowest BCUT2D eigenvalue weighted by Gasteiger charge is -2.09. The van der Waals surface area contributed by atoms with E-state index in [4.69, 9.17) is 16.2 Å². The lowest BCUT2D eigenvalue weighted by atomic mass is 10.1. The Hall–Kier alpha value is -0.920. The zero-order valence-corrected chi connectivity index (χ0v) is 20.8. The molecule has 9 nitrogen and oxygen atoms in total. The Balaban J connectivity index is 1.94. The highest BCUT2D eigenvalue weighted by Gasteiger charge is 2.15. The van der Waals surface area contributed by atoms with Crippen LogP contribution in [0.2, 0.25) is 0 Å². The summed E-state index contributed by atoms with van der Waals surface area (Å²) in [5.41, 5.74) is 11.1. The van der Waals surface area contributed by atoms with E-state index in [1.54, 1.807) is 40.6 Å². The highest BCUT2D eigenvalue weighted by atomic mass is 33.1. The van der Waals surface area contributed by atoms with E-state index < -0.39 is 6.09 Å². The van der Waals surface area contributed by atoms with Crippen molar-refractivity contribution in [3.05, 3.63) is 0 Å². The van der Waals surface area contributed by atoms with E-state index in [9.17, 15) is 9.59 Å². The molecule has 13 heteroatoms. The number of hydrogen-bond donors (Lipinski definition) is 3. The van der Waals surface area contributed by atoms with Crippen molar-refractivity contribution in [1.82, 2.24) is 10.2 Å². The molecule has 0 aromatic rings. The number of nitrogens with one attached hydrogen (secondary N) is 1. The molecular weight excluding hydrogens is 464 g/mol.